The Kier molecular flexibility index (Phi) is 4.49. The van der Waals surface area contributed by atoms with Crippen LogP contribution in [-0.4, -0.2) is 36.6 Å². The van der Waals surface area contributed by atoms with Gasteiger partial charge in [-0.05, 0) is 44.5 Å². The molecule has 7 nitrogen and oxygen atoms in total. The average molecular weight is 360 g/mol. The number of nitrogens with zero attached hydrogens (tertiary/aromatic N) is 3. The second kappa shape index (κ2) is 6.45. The summed E-state index contributed by atoms with van der Waals surface area (Å²) < 4.78 is 33.0. The Labute approximate surface area is 146 Å². The summed E-state index contributed by atoms with van der Waals surface area (Å²) in [4.78, 5) is 1.64. The van der Waals surface area contributed by atoms with E-state index in [1.807, 2.05) is 24.3 Å². The molecule has 8 heteroatoms. The van der Waals surface area contributed by atoms with Gasteiger partial charge < -0.3 is 4.74 Å². The third-order valence-corrected chi connectivity index (χ3v) is 5.46. The summed E-state index contributed by atoms with van der Waals surface area (Å²) in [5.41, 5.74) is 2.67. The van der Waals surface area contributed by atoms with Crippen molar-refractivity contribution in [2.24, 2.45) is 0 Å². The van der Waals surface area contributed by atoms with Gasteiger partial charge in [0, 0.05) is 12.1 Å². The molecular formula is C17H20N4O3S. The molecule has 0 saturated heterocycles. The van der Waals surface area contributed by atoms with Crippen LogP contribution in [-0.2, 0) is 10.0 Å². The Morgan fingerprint density at radius 1 is 1.12 bits per heavy atom. The summed E-state index contributed by atoms with van der Waals surface area (Å²) in [6.45, 7) is 5.29. The number of hydrogen-bond donors (Lipinski definition) is 1. The molecule has 0 atom stereocenters. The van der Waals surface area contributed by atoms with E-state index in [9.17, 15) is 8.42 Å². The topological polar surface area (TPSA) is 86.1 Å². The highest BCUT2D eigenvalue weighted by molar-refractivity contribution is 7.89. The molecule has 0 radical (unpaired) electrons. The Bertz CT molecular complexity index is 993. The fraction of sp³-hybridized carbons (Fsp3) is 0.294. The molecule has 1 aromatic heterocycles. The van der Waals surface area contributed by atoms with E-state index in [0.29, 0.717) is 17.0 Å². The lowest BCUT2D eigenvalue weighted by Gasteiger charge is -2.15. The largest absolute Gasteiger partial charge is 0.494 e. The number of rotatable bonds is 5. The molecule has 1 N–H and O–H groups in total. The van der Waals surface area contributed by atoms with E-state index in [1.165, 1.54) is 18.0 Å². The fourth-order valence-corrected chi connectivity index (χ4v) is 4.10. The van der Waals surface area contributed by atoms with Crippen LogP contribution >= 0.6 is 0 Å². The van der Waals surface area contributed by atoms with Gasteiger partial charge in [-0.1, -0.05) is 12.1 Å². The second-order valence-corrected chi connectivity index (χ2v) is 7.73. The Morgan fingerprint density at radius 2 is 1.72 bits per heavy atom. The molecule has 3 aromatic rings. The Balaban J connectivity index is 2.14. The molecule has 3 rings (SSSR count). The number of nitrogens with one attached hydrogen (secondary N) is 1. The number of methoxy groups -OCH3 is 1. The highest BCUT2D eigenvalue weighted by Gasteiger charge is 2.22. The lowest BCUT2D eigenvalue weighted by atomic mass is 10.2. The van der Waals surface area contributed by atoms with Gasteiger partial charge in [0.1, 0.15) is 22.5 Å². The minimum absolute atomic E-state index is 0.179. The first kappa shape index (κ1) is 17.4. The molecule has 0 spiro atoms. The van der Waals surface area contributed by atoms with Crippen LogP contribution in [0.4, 0.5) is 0 Å². The minimum Gasteiger partial charge on any atom is -0.494 e. The van der Waals surface area contributed by atoms with Crippen molar-refractivity contribution in [3.63, 3.8) is 0 Å². The number of sulfonamides is 1. The smallest absolute Gasteiger partial charge is 0.241 e. The first-order valence-electron chi connectivity index (χ1n) is 7.85. The van der Waals surface area contributed by atoms with Gasteiger partial charge in [0.25, 0.3) is 0 Å². The molecule has 2 aromatic carbocycles. The quantitative estimate of drug-likeness (QED) is 0.755. The van der Waals surface area contributed by atoms with Gasteiger partial charge in [-0.2, -0.15) is 0 Å². The van der Waals surface area contributed by atoms with Crippen molar-refractivity contribution < 1.29 is 13.2 Å². The van der Waals surface area contributed by atoms with Crippen molar-refractivity contribution in [3.8, 4) is 11.4 Å². The zero-order chi connectivity index (χ0) is 18.2. The van der Waals surface area contributed by atoms with Gasteiger partial charge in [-0.3, -0.25) is 0 Å². The highest BCUT2D eigenvalue weighted by Crippen LogP contribution is 2.29. The van der Waals surface area contributed by atoms with Crippen molar-refractivity contribution >= 4 is 21.1 Å². The van der Waals surface area contributed by atoms with Crippen molar-refractivity contribution in [2.45, 2.75) is 31.7 Å². The standard InChI is InChI=1S/C17H20N4O3S/c1-11(2)20-25(22,23)17-10-16(24-4)15(9-12(17)3)21-18-13-7-5-6-8-14(13)19-21/h5-11,20H,1-4H3. The van der Waals surface area contributed by atoms with Crippen LogP contribution in [0.15, 0.2) is 41.3 Å². The summed E-state index contributed by atoms with van der Waals surface area (Å²) in [7, 11) is -2.14. The van der Waals surface area contributed by atoms with E-state index >= 15 is 0 Å². The predicted octanol–water partition coefficient (Wildman–Crippen LogP) is 2.42. The molecule has 0 bridgehead atoms. The summed E-state index contributed by atoms with van der Waals surface area (Å²) in [5.74, 6) is 0.384. The molecule has 0 amide bonds. The van der Waals surface area contributed by atoms with Crippen LogP contribution in [0, 0.1) is 6.92 Å². The molecule has 0 saturated carbocycles. The third kappa shape index (κ3) is 3.35. The predicted molar refractivity (Wildman–Crippen MR) is 95.6 cm³/mol. The van der Waals surface area contributed by atoms with Gasteiger partial charge in [-0.25, -0.2) is 13.1 Å². The molecule has 0 aliphatic heterocycles. The molecule has 0 aliphatic carbocycles. The molecule has 1 heterocycles. The van der Waals surface area contributed by atoms with Gasteiger partial charge in [0.15, 0.2) is 0 Å². The third-order valence-electron chi connectivity index (χ3n) is 3.66. The van der Waals surface area contributed by atoms with Crippen LogP contribution in [0.1, 0.15) is 19.4 Å². The molecule has 25 heavy (non-hydrogen) atoms. The molecular weight excluding hydrogens is 340 g/mol. The first-order chi connectivity index (χ1) is 11.8. The highest BCUT2D eigenvalue weighted by atomic mass is 32.2. The van der Waals surface area contributed by atoms with Crippen LogP contribution in [0.25, 0.3) is 16.7 Å². The van der Waals surface area contributed by atoms with Gasteiger partial charge in [-0.15, -0.1) is 15.0 Å². The number of aromatic nitrogens is 3. The maximum Gasteiger partial charge on any atom is 0.241 e. The van der Waals surface area contributed by atoms with E-state index in [4.69, 9.17) is 4.74 Å². The lowest BCUT2D eigenvalue weighted by Crippen LogP contribution is -2.30. The fourth-order valence-electron chi connectivity index (χ4n) is 2.60. The van der Waals surface area contributed by atoms with Crippen molar-refractivity contribution in [3.05, 3.63) is 42.0 Å². The minimum atomic E-state index is -3.63. The van der Waals surface area contributed by atoms with Crippen LogP contribution in [0.5, 0.6) is 5.75 Å². The summed E-state index contributed by atoms with van der Waals surface area (Å²) in [6, 6.07) is 10.5. The van der Waals surface area contributed by atoms with E-state index in [1.54, 1.807) is 26.8 Å². The lowest BCUT2D eigenvalue weighted by molar-refractivity contribution is 0.408. The zero-order valence-corrected chi connectivity index (χ0v) is 15.3. The summed E-state index contributed by atoms with van der Waals surface area (Å²) in [6.07, 6.45) is 0. The first-order valence-corrected chi connectivity index (χ1v) is 9.33. The maximum atomic E-state index is 12.5. The summed E-state index contributed by atoms with van der Waals surface area (Å²) in [5, 5.41) is 8.87. The van der Waals surface area contributed by atoms with Crippen molar-refractivity contribution in [2.75, 3.05) is 7.11 Å². The van der Waals surface area contributed by atoms with Crippen molar-refractivity contribution in [1.82, 2.24) is 19.7 Å². The maximum absolute atomic E-state index is 12.5. The number of aryl methyl sites for hydroxylation is 1. The number of fused-ring (bicyclic) bond motifs is 1. The second-order valence-electron chi connectivity index (χ2n) is 6.04. The van der Waals surface area contributed by atoms with E-state index in [-0.39, 0.29) is 10.9 Å². The summed E-state index contributed by atoms with van der Waals surface area (Å²) >= 11 is 0. The van der Waals surface area contributed by atoms with Crippen LogP contribution in [0.2, 0.25) is 0 Å². The normalized spacial score (nSPS) is 12.0. The Morgan fingerprint density at radius 3 is 2.24 bits per heavy atom. The van der Waals surface area contributed by atoms with E-state index in [2.05, 4.69) is 14.9 Å². The average Bonchev–Trinajstić information content (AvgIpc) is 2.97. The van der Waals surface area contributed by atoms with Crippen molar-refractivity contribution in [1.29, 1.82) is 0 Å². The zero-order valence-electron chi connectivity index (χ0n) is 14.5. The molecule has 0 unspecified atom stereocenters. The van der Waals surface area contributed by atoms with Crippen LogP contribution < -0.4 is 9.46 Å². The van der Waals surface area contributed by atoms with Gasteiger partial charge >= 0.3 is 0 Å². The van der Waals surface area contributed by atoms with E-state index < -0.39 is 10.0 Å². The van der Waals surface area contributed by atoms with E-state index in [0.717, 1.165) is 11.0 Å². The molecule has 132 valence electrons. The molecule has 0 aliphatic rings. The van der Waals surface area contributed by atoms with Gasteiger partial charge in [0.2, 0.25) is 10.0 Å². The monoisotopic (exact) mass is 360 g/mol. The van der Waals surface area contributed by atoms with Gasteiger partial charge in [0.05, 0.1) is 12.0 Å². The van der Waals surface area contributed by atoms with Crippen LogP contribution in [0.3, 0.4) is 0 Å². The number of benzene rings is 2. The SMILES string of the molecule is COc1cc(S(=O)(=O)NC(C)C)c(C)cc1-n1nc2ccccc2n1. The molecule has 0 fully saturated rings. The number of ether oxygens (including phenoxy) is 1. The Hall–Kier alpha value is -2.45. The number of hydrogen-bond acceptors (Lipinski definition) is 5.